The molecule has 0 aromatic heterocycles. The predicted octanol–water partition coefficient (Wildman–Crippen LogP) is 2.66. The largest absolute Gasteiger partial charge is 0.444 e. The number of amides is 8. The smallest absolute Gasteiger partial charge is 0.410 e. The predicted molar refractivity (Wildman–Crippen MR) is 193 cm³/mol. The lowest BCUT2D eigenvalue weighted by atomic mass is 10.0. The van der Waals surface area contributed by atoms with E-state index in [1.165, 1.54) is 0 Å². The molecule has 2 N–H and O–H groups in total. The van der Waals surface area contributed by atoms with Gasteiger partial charge in [-0.1, -0.05) is 0 Å². The molecule has 0 radical (unpaired) electrons. The lowest BCUT2D eigenvalue weighted by Gasteiger charge is -2.34. The van der Waals surface area contributed by atoms with Crippen LogP contribution in [0.1, 0.15) is 92.9 Å². The minimum absolute atomic E-state index is 0.105. The Balaban J connectivity index is 0.000000208. The molecule has 18 heteroatoms. The van der Waals surface area contributed by atoms with Gasteiger partial charge in [0.05, 0.1) is 25.2 Å². The van der Waals surface area contributed by atoms with Gasteiger partial charge in [-0.05, 0) is 92.9 Å². The molecule has 0 aromatic carbocycles. The summed E-state index contributed by atoms with van der Waals surface area (Å²) in [5.74, 6) is -0.599. The van der Waals surface area contributed by atoms with Crippen molar-refractivity contribution in [2.75, 3.05) is 53.4 Å². The van der Waals surface area contributed by atoms with Gasteiger partial charge < -0.3 is 38.9 Å². The zero-order valence-electron chi connectivity index (χ0n) is 33.1. The highest BCUT2D eigenvalue weighted by Crippen LogP contribution is 2.30. The third kappa shape index (κ3) is 10.2. The van der Waals surface area contributed by atoms with E-state index in [1.807, 2.05) is 41.5 Å². The number of hydrogen-bond donors (Lipinski definition) is 2. The van der Waals surface area contributed by atoms with Crippen molar-refractivity contribution in [1.29, 1.82) is 0 Å². The molecule has 0 aliphatic carbocycles. The average molecular weight is 765 g/mol. The van der Waals surface area contributed by atoms with Crippen LogP contribution >= 0.6 is 0 Å². The monoisotopic (exact) mass is 764 g/mol. The lowest BCUT2D eigenvalue weighted by molar-refractivity contribution is -0.146. The second kappa shape index (κ2) is 16.8. The maximum atomic E-state index is 12.5. The van der Waals surface area contributed by atoms with Gasteiger partial charge in [0.25, 0.3) is 11.8 Å². The quantitative estimate of drug-likeness (QED) is 0.382. The Hall–Kier alpha value is -4.06. The van der Waals surface area contributed by atoms with Crippen LogP contribution in [0.25, 0.3) is 0 Å². The number of nitrogens with zero attached hydrogens (tertiary/aromatic N) is 6. The number of fused-ring (bicyclic) bond motifs is 4. The maximum Gasteiger partial charge on any atom is 0.410 e. The number of rotatable bonds is 6. The zero-order chi connectivity index (χ0) is 39.5. The van der Waals surface area contributed by atoms with E-state index >= 15 is 0 Å². The Morgan fingerprint density at radius 3 is 1.30 bits per heavy atom. The number of carbonyl (C=O) groups is 6. The molecule has 0 unspecified atom stereocenters. The van der Waals surface area contributed by atoms with Crippen molar-refractivity contribution in [3.05, 3.63) is 0 Å². The molecule has 54 heavy (non-hydrogen) atoms. The number of ether oxygens (including phenoxy) is 2. The van der Waals surface area contributed by atoms with Gasteiger partial charge in [-0.25, -0.2) is 30.1 Å². The van der Waals surface area contributed by atoms with E-state index in [1.54, 1.807) is 43.5 Å². The molecule has 304 valence electrons. The first-order valence-electron chi connectivity index (χ1n) is 19.2. The van der Waals surface area contributed by atoms with Gasteiger partial charge in [-0.2, -0.15) is 0 Å². The summed E-state index contributed by atoms with van der Waals surface area (Å²) in [7, 11) is 3.55. The Bertz CT molecular complexity index is 1310. The van der Waals surface area contributed by atoms with E-state index < -0.39 is 23.3 Å². The number of carbonyl (C=O) groups excluding carboxylic acids is 6. The van der Waals surface area contributed by atoms with Crippen LogP contribution in [0.2, 0.25) is 0 Å². The van der Waals surface area contributed by atoms with Crippen molar-refractivity contribution in [3.63, 3.8) is 0 Å². The third-order valence-electron chi connectivity index (χ3n) is 10.6. The fraction of sp³-hybridized carbons (Fsp3) is 0.833. The summed E-state index contributed by atoms with van der Waals surface area (Å²) in [6, 6.07) is -0.808. The third-order valence-corrected chi connectivity index (χ3v) is 10.6. The van der Waals surface area contributed by atoms with Gasteiger partial charge >= 0.3 is 24.2 Å². The van der Waals surface area contributed by atoms with Crippen LogP contribution in [0, 0.1) is 0 Å². The molecule has 0 saturated carbocycles. The van der Waals surface area contributed by atoms with Gasteiger partial charge in [0, 0.05) is 40.3 Å². The van der Waals surface area contributed by atoms with Crippen molar-refractivity contribution in [2.24, 2.45) is 0 Å². The molecule has 6 saturated heterocycles. The molecule has 6 atom stereocenters. The van der Waals surface area contributed by atoms with E-state index in [-0.39, 0.29) is 60.4 Å². The first-order chi connectivity index (χ1) is 25.3. The van der Waals surface area contributed by atoms with Crippen molar-refractivity contribution in [3.8, 4) is 0 Å². The summed E-state index contributed by atoms with van der Waals surface area (Å²) in [5, 5.41) is 0. The van der Waals surface area contributed by atoms with E-state index in [0.717, 1.165) is 38.5 Å². The first kappa shape index (κ1) is 41.1. The fourth-order valence-corrected chi connectivity index (χ4v) is 7.69. The standard InChI is InChI=1S/2C18H30N4O5/c2*1-18(2,3)26-17(25)21-9-5-6-13(11-21)27-19-15(23)14-8-7-12-10-22(14)16(24)20(12)4/h2*12-14H,5-11H2,1-4H3,(H,19,23)/t2*12-,13-,14+/m11/s1. The Morgan fingerprint density at radius 1 is 0.574 bits per heavy atom. The molecular formula is C36H60N8O10. The van der Waals surface area contributed by atoms with Crippen molar-refractivity contribution >= 4 is 36.1 Å². The summed E-state index contributed by atoms with van der Waals surface area (Å²) < 4.78 is 10.8. The van der Waals surface area contributed by atoms with E-state index in [2.05, 4.69) is 11.0 Å². The number of urea groups is 2. The molecule has 8 amide bonds. The Morgan fingerprint density at radius 2 is 0.944 bits per heavy atom. The Kier molecular flexibility index (Phi) is 12.8. The number of likely N-dealkylation sites (N-methyl/N-ethyl adjacent to an activating group) is 2. The average Bonchev–Trinajstić information content (AvgIpc) is 3.47. The zero-order valence-corrected chi connectivity index (χ0v) is 33.1. The highest BCUT2D eigenvalue weighted by atomic mass is 16.7. The SMILES string of the molecule is CN1C(=O)N2C[C@H]1CC[C@H]2C(=O)NO[C@@H]1CCCN(C(=O)OC(C)(C)C)C1.CN1C(=O)N2C[C@H]1CC[C@H]2C(=O)NO[C@@H]1CCCN(C(=O)OC(C)(C)C)C1. The lowest BCUT2D eigenvalue weighted by Crippen LogP contribution is -2.52. The molecule has 6 fully saturated rings. The number of nitrogens with one attached hydrogen (secondary N) is 2. The van der Waals surface area contributed by atoms with Crippen molar-refractivity contribution < 1.29 is 47.9 Å². The number of piperidine rings is 4. The van der Waals surface area contributed by atoms with Crippen LogP contribution in [0.4, 0.5) is 19.2 Å². The first-order valence-corrected chi connectivity index (χ1v) is 19.2. The molecule has 18 nitrogen and oxygen atoms in total. The maximum absolute atomic E-state index is 12.5. The summed E-state index contributed by atoms with van der Waals surface area (Å²) in [6.45, 7) is 14.1. The molecular weight excluding hydrogens is 704 g/mol. The minimum Gasteiger partial charge on any atom is -0.444 e. The molecule has 6 rings (SSSR count). The van der Waals surface area contributed by atoms with Crippen LogP contribution < -0.4 is 11.0 Å². The van der Waals surface area contributed by atoms with Crippen molar-refractivity contribution in [2.45, 2.75) is 140 Å². The highest BCUT2D eigenvalue weighted by molar-refractivity contribution is 5.89. The number of hydroxylamine groups is 2. The highest BCUT2D eigenvalue weighted by Gasteiger charge is 2.47. The second-order valence-corrected chi connectivity index (χ2v) is 17.1. The Labute approximate surface area is 317 Å². The summed E-state index contributed by atoms with van der Waals surface area (Å²) >= 11 is 0. The molecule has 6 heterocycles. The summed E-state index contributed by atoms with van der Waals surface area (Å²) in [4.78, 5) is 94.9. The minimum atomic E-state index is -0.548. The van der Waals surface area contributed by atoms with Gasteiger partial charge in [-0.3, -0.25) is 19.3 Å². The van der Waals surface area contributed by atoms with Crippen LogP contribution in [-0.2, 0) is 28.7 Å². The fourth-order valence-electron chi connectivity index (χ4n) is 7.69. The van der Waals surface area contributed by atoms with E-state index in [9.17, 15) is 28.8 Å². The molecule has 0 aromatic rings. The molecule has 6 aliphatic heterocycles. The topological polar surface area (TPSA) is 183 Å². The van der Waals surface area contributed by atoms with Crippen LogP contribution in [-0.4, -0.2) is 166 Å². The molecule has 0 spiro atoms. The van der Waals surface area contributed by atoms with Gasteiger partial charge in [0.15, 0.2) is 0 Å². The van der Waals surface area contributed by atoms with Crippen LogP contribution in [0.5, 0.6) is 0 Å². The number of likely N-dealkylation sites (tertiary alicyclic amines) is 2. The summed E-state index contributed by atoms with van der Waals surface area (Å²) in [6.07, 6.45) is 4.62. The molecule has 6 aliphatic rings. The van der Waals surface area contributed by atoms with E-state index in [4.69, 9.17) is 19.1 Å². The van der Waals surface area contributed by atoms with E-state index in [0.29, 0.717) is 52.1 Å². The second-order valence-electron chi connectivity index (χ2n) is 17.1. The summed E-state index contributed by atoms with van der Waals surface area (Å²) in [5.41, 5.74) is 3.94. The normalized spacial score (nSPS) is 28.4. The number of hydrogen-bond acceptors (Lipinski definition) is 10. The molecule has 4 bridgehead atoms. The van der Waals surface area contributed by atoms with Gasteiger partial charge in [-0.15, -0.1) is 0 Å². The van der Waals surface area contributed by atoms with Crippen LogP contribution in [0.15, 0.2) is 0 Å². The van der Waals surface area contributed by atoms with Gasteiger partial charge in [0.1, 0.15) is 35.5 Å². The van der Waals surface area contributed by atoms with Crippen LogP contribution in [0.3, 0.4) is 0 Å². The van der Waals surface area contributed by atoms with Gasteiger partial charge in [0.2, 0.25) is 0 Å². The van der Waals surface area contributed by atoms with Crippen molar-refractivity contribution in [1.82, 2.24) is 40.4 Å².